The third-order valence-corrected chi connectivity index (χ3v) is 1.72. The van der Waals surface area contributed by atoms with Crippen molar-refractivity contribution in [1.29, 1.82) is 0 Å². The van der Waals surface area contributed by atoms with Gasteiger partial charge in [-0.1, -0.05) is 0 Å². The number of non-ortho nitro benzene ring substituents is 1. The fourth-order valence-corrected chi connectivity index (χ4v) is 0.997. The Labute approximate surface area is 95.5 Å². The van der Waals surface area contributed by atoms with E-state index in [4.69, 9.17) is 5.11 Å². The lowest BCUT2D eigenvalue weighted by Gasteiger charge is -2.00. The minimum atomic E-state index is -1.23. The molecule has 0 bridgehead atoms. The zero-order valence-electron chi connectivity index (χ0n) is 8.49. The smallest absolute Gasteiger partial charge is 0.328 e. The Morgan fingerprint density at radius 2 is 1.82 bits per heavy atom. The molecule has 0 atom stereocenters. The molecule has 7 nitrogen and oxygen atoms in total. The minimum absolute atomic E-state index is 0.0934. The van der Waals surface area contributed by atoms with Crippen LogP contribution in [0.15, 0.2) is 36.4 Å². The van der Waals surface area contributed by atoms with Crippen molar-refractivity contribution in [3.63, 3.8) is 0 Å². The summed E-state index contributed by atoms with van der Waals surface area (Å²) in [6, 6.07) is 5.17. The van der Waals surface area contributed by atoms with Crippen LogP contribution in [0.5, 0.6) is 0 Å². The zero-order chi connectivity index (χ0) is 12.8. The largest absolute Gasteiger partial charge is 0.478 e. The third kappa shape index (κ3) is 4.12. The number of carbonyl (C=O) groups excluding carboxylic acids is 1. The number of carboxylic acids is 1. The van der Waals surface area contributed by atoms with Crippen molar-refractivity contribution in [3.8, 4) is 0 Å². The van der Waals surface area contributed by atoms with Crippen molar-refractivity contribution in [2.75, 3.05) is 5.32 Å². The lowest BCUT2D eigenvalue weighted by Crippen LogP contribution is -2.08. The number of carbonyl (C=O) groups is 2. The van der Waals surface area contributed by atoms with Gasteiger partial charge in [0.25, 0.3) is 5.69 Å². The van der Waals surface area contributed by atoms with E-state index in [1.54, 1.807) is 0 Å². The molecule has 17 heavy (non-hydrogen) atoms. The van der Waals surface area contributed by atoms with Crippen LogP contribution in [0.3, 0.4) is 0 Å². The predicted molar refractivity (Wildman–Crippen MR) is 58.5 cm³/mol. The second-order valence-electron chi connectivity index (χ2n) is 2.96. The highest BCUT2D eigenvalue weighted by molar-refractivity contribution is 6.02. The highest BCUT2D eigenvalue weighted by atomic mass is 16.6. The number of nitro benzene ring substituents is 1. The lowest BCUT2D eigenvalue weighted by atomic mass is 10.3. The summed E-state index contributed by atoms with van der Waals surface area (Å²) >= 11 is 0. The summed E-state index contributed by atoms with van der Waals surface area (Å²) in [5, 5.41) is 21.0. The Balaban J connectivity index is 2.66. The van der Waals surface area contributed by atoms with Crippen LogP contribution in [-0.4, -0.2) is 21.9 Å². The molecule has 0 spiro atoms. The van der Waals surface area contributed by atoms with Crippen LogP contribution in [0.2, 0.25) is 0 Å². The highest BCUT2D eigenvalue weighted by Crippen LogP contribution is 2.15. The van der Waals surface area contributed by atoms with Crippen molar-refractivity contribution in [1.82, 2.24) is 0 Å². The number of hydrogen-bond acceptors (Lipinski definition) is 4. The van der Waals surface area contributed by atoms with E-state index in [1.165, 1.54) is 24.3 Å². The van der Waals surface area contributed by atoms with E-state index in [1.807, 2.05) is 0 Å². The van der Waals surface area contributed by atoms with E-state index in [-0.39, 0.29) is 5.69 Å². The summed E-state index contributed by atoms with van der Waals surface area (Å²) in [5.74, 6) is -1.86. The molecule has 0 heterocycles. The zero-order valence-corrected chi connectivity index (χ0v) is 8.49. The highest BCUT2D eigenvalue weighted by Gasteiger charge is 2.04. The van der Waals surface area contributed by atoms with Gasteiger partial charge in [0.05, 0.1) is 4.92 Å². The van der Waals surface area contributed by atoms with E-state index in [2.05, 4.69) is 5.32 Å². The number of anilines is 1. The predicted octanol–water partition coefficient (Wildman–Crippen LogP) is 1.17. The van der Waals surface area contributed by atoms with Gasteiger partial charge >= 0.3 is 5.97 Å². The second-order valence-corrected chi connectivity index (χ2v) is 2.96. The molecule has 0 unspecified atom stereocenters. The Bertz CT molecular complexity index is 478. The number of nitro groups is 1. The van der Waals surface area contributed by atoms with Crippen molar-refractivity contribution in [2.45, 2.75) is 0 Å². The maximum absolute atomic E-state index is 11.1. The number of benzene rings is 1. The van der Waals surface area contributed by atoms with Crippen LogP contribution in [0.25, 0.3) is 0 Å². The molecule has 2 N–H and O–H groups in total. The van der Waals surface area contributed by atoms with Crippen LogP contribution in [0.4, 0.5) is 11.4 Å². The fourth-order valence-electron chi connectivity index (χ4n) is 0.997. The SMILES string of the molecule is O=C(O)/C=C\C(=O)Nc1ccc([N+](=O)[O-])cc1. The standard InChI is InChI=1S/C10H8N2O5/c13-9(5-6-10(14)15)11-7-1-3-8(4-2-7)12(16)17/h1-6H,(H,11,13)(H,14,15)/b6-5-. The van der Waals surface area contributed by atoms with E-state index in [9.17, 15) is 19.7 Å². The number of hydrogen-bond donors (Lipinski definition) is 2. The van der Waals surface area contributed by atoms with Gasteiger partial charge in [-0.15, -0.1) is 0 Å². The molecule has 0 radical (unpaired) electrons. The van der Waals surface area contributed by atoms with Gasteiger partial charge < -0.3 is 10.4 Å². The topological polar surface area (TPSA) is 110 Å². The number of rotatable bonds is 4. The summed E-state index contributed by atoms with van der Waals surface area (Å²) < 4.78 is 0. The van der Waals surface area contributed by atoms with Gasteiger partial charge in [-0.2, -0.15) is 0 Å². The average Bonchev–Trinajstić information content (AvgIpc) is 2.27. The number of carboxylic acid groups (broad SMARTS) is 1. The van der Waals surface area contributed by atoms with Crippen LogP contribution in [0.1, 0.15) is 0 Å². The summed E-state index contributed by atoms with van der Waals surface area (Å²) in [4.78, 5) is 31.1. The molecule has 1 rings (SSSR count). The fraction of sp³-hybridized carbons (Fsp3) is 0. The Hall–Kier alpha value is -2.70. The molecule has 0 saturated heterocycles. The van der Waals surface area contributed by atoms with Gasteiger partial charge in [0, 0.05) is 30.0 Å². The molecule has 88 valence electrons. The molecule has 0 saturated carbocycles. The quantitative estimate of drug-likeness (QED) is 0.463. The van der Waals surface area contributed by atoms with Gasteiger partial charge in [0.2, 0.25) is 5.91 Å². The molecular weight excluding hydrogens is 228 g/mol. The van der Waals surface area contributed by atoms with Crippen LogP contribution >= 0.6 is 0 Å². The van der Waals surface area contributed by atoms with Gasteiger partial charge in [-0.25, -0.2) is 4.79 Å². The summed E-state index contributed by atoms with van der Waals surface area (Å²) in [5.41, 5.74) is 0.250. The van der Waals surface area contributed by atoms with Crippen LogP contribution < -0.4 is 5.32 Å². The first kappa shape index (κ1) is 12.4. The lowest BCUT2D eigenvalue weighted by molar-refractivity contribution is -0.384. The number of nitrogens with one attached hydrogen (secondary N) is 1. The monoisotopic (exact) mass is 236 g/mol. The van der Waals surface area contributed by atoms with Crippen molar-refractivity contribution < 1.29 is 19.6 Å². The van der Waals surface area contributed by atoms with E-state index < -0.39 is 16.8 Å². The third-order valence-electron chi connectivity index (χ3n) is 1.72. The van der Waals surface area contributed by atoms with Crippen LogP contribution in [0, 0.1) is 10.1 Å². The van der Waals surface area contributed by atoms with Crippen LogP contribution in [-0.2, 0) is 9.59 Å². The molecular formula is C10H8N2O5. The summed E-state index contributed by atoms with van der Waals surface area (Å²) in [6.07, 6.45) is 1.55. The van der Waals surface area contributed by atoms with Crippen molar-refractivity contribution in [2.24, 2.45) is 0 Å². The van der Waals surface area contributed by atoms with Gasteiger partial charge in [0.1, 0.15) is 0 Å². The molecule has 0 fully saturated rings. The average molecular weight is 236 g/mol. The van der Waals surface area contributed by atoms with Gasteiger partial charge in [-0.05, 0) is 12.1 Å². The minimum Gasteiger partial charge on any atom is -0.478 e. The summed E-state index contributed by atoms with van der Waals surface area (Å²) in [7, 11) is 0. The Kier molecular flexibility index (Phi) is 3.93. The Morgan fingerprint density at radius 1 is 1.24 bits per heavy atom. The van der Waals surface area contributed by atoms with E-state index in [0.717, 1.165) is 6.08 Å². The molecule has 0 aliphatic rings. The summed E-state index contributed by atoms with van der Waals surface area (Å²) in [6.45, 7) is 0. The van der Waals surface area contributed by atoms with E-state index in [0.29, 0.717) is 11.8 Å². The maximum atomic E-state index is 11.1. The molecule has 0 aliphatic carbocycles. The van der Waals surface area contributed by atoms with E-state index >= 15 is 0 Å². The van der Waals surface area contributed by atoms with Crippen molar-refractivity contribution in [3.05, 3.63) is 46.5 Å². The molecule has 0 aromatic heterocycles. The van der Waals surface area contributed by atoms with Gasteiger partial charge in [0.15, 0.2) is 0 Å². The molecule has 7 heteroatoms. The molecule has 1 aromatic rings. The number of amides is 1. The molecule has 1 aromatic carbocycles. The normalized spacial score (nSPS) is 10.1. The second kappa shape index (κ2) is 5.40. The van der Waals surface area contributed by atoms with Crippen molar-refractivity contribution >= 4 is 23.3 Å². The molecule has 1 amide bonds. The number of aliphatic carboxylic acids is 1. The first-order valence-electron chi connectivity index (χ1n) is 4.45. The first-order chi connectivity index (χ1) is 7.99. The number of nitrogens with zero attached hydrogens (tertiary/aromatic N) is 1. The first-order valence-corrected chi connectivity index (χ1v) is 4.45. The molecule has 0 aliphatic heterocycles. The maximum Gasteiger partial charge on any atom is 0.328 e. The Morgan fingerprint density at radius 3 is 2.29 bits per heavy atom. The van der Waals surface area contributed by atoms with Gasteiger partial charge in [-0.3, -0.25) is 14.9 Å².